The number of alkyl halides is 2. The maximum atomic E-state index is 16.9. The Hall–Kier alpha value is -7.92. The van der Waals surface area contributed by atoms with Gasteiger partial charge in [-0.3, -0.25) is 4.79 Å². The molecule has 6 saturated carbocycles. The number of hydrogen-bond acceptors (Lipinski definition) is 1. The first-order chi connectivity index (χ1) is 47.5. The Morgan fingerprint density at radius 3 is 0.747 bits per heavy atom. The number of anilines is 1. The van der Waals surface area contributed by atoms with Gasteiger partial charge in [0.2, 0.25) is 5.91 Å². The summed E-state index contributed by atoms with van der Waals surface area (Å²) < 4.78 is 17.0. The normalized spacial score (nSPS) is 33.4. The van der Waals surface area contributed by atoms with E-state index in [-0.39, 0.29) is 64.5 Å². The number of hydrogen-bond donors (Lipinski definition) is 0. The molecule has 0 aromatic heterocycles. The maximum Gasteiger partial charge on any atom is 0.224 e. The molecule has 10 aromatic carbocycles. The number of rotatable bonds is 11. The van der Waals surface area contributed by atoms with Gasteiger partial charge in [-0.1, -0.05) is 349 Å². The second kappa shape index (κ2) is 26.2. The molecular formula is C95H101BrFNO. The Kier molecular flexibility index (Phi) is 18.1. The monoisotopic (exact) mass is 1370 g/mol. The summed E-state index contributed by atoms with van der Waals surface area (Å²) in [5, 5.41) is 0. The minimum absolute atomic E-state index is 0.0875. The summed E-state index contributed by atoms with van der Waals surface area (Å²) in [6.45, 7) is 16.2. The van der Waals surface area contributed by atoms with Gasteiger partial charge in [0.1, 0.15) is 5.67 Å². The highest BCUT2D eigenvalue weighted by Crippen LogP contribution is 2.69. The SMILES string of the molecule is CC(=O)N(c1ccccc1)C12CC(C)(c3ccccc3)CC(c3ccccc3)(CC(C)(c3ccccc3)C1)C2.CC1(c2ccccc2)CC2(Br)CC(C)(c3ccccc3)CC(c3ccccc3)(C2)C1.CC1(c2ccccc2)CC2(F)CC(C)(c3ccccc3)CC(c3ccccc3)(C2)C1. The minimum Gasteiger partial charge on any atom is -0.306 e. The lowest BCUT2D eigenvalue weighted by Gasteiger charge is -2.66. The van der Waals surface area contributed by atoms with Gasteiger partial charge in [-0.2, -0.15) is 0 Å². The molecule has 6 atom stereocenters. The van der Waals surface area contributed by atoms with Crippen molar-refractivity contribution in [1.82, 2.24) is 0 Å². The third-order valence-electron chi connectivity index (χ3n) is 25.4. The average molecular weight is 1370 g/mol. The highest BCUT2D eigenvalue weighted by molar-refractivity contribution is 9.10. The summed E-state index contributed by atoms with van der Waals surface area (Å²) in [4.78, 5) is 16.0. The zero-order chi connectivity index (χ0) is 68.9. The van der Waals surface area contributed by atoms with Crippen LogP contribution in [0, 0.1) is 0 Å². The molecule has 0 saturated heterocycles. The van der Waals surface area contributed by atoms with E-state index in [1.54, 1.807) is 6.92 Å². The van der Waals surface area contributed by atoms with Crippen molar-refractivity contribution in [2.75, 3.05) is 4.90 Å². The van der Waals surface area contributed by atoms with Crippen LogP contribution in [0.25, 0.3) is 0 Å². The lowest BCUT2D eigenvalue weighted by atomic mass is 9.43. The van der Waals surface area contributed by atoms with Gasteiger partial charge in [0.25, 0.3) is 0 Å². The zero-order valence-corrected chi connectivity index (χ0v) is 61.2. The molecule has 6 unspecified atom stereocenters. The highest BCUT2D eigenvalue weighted by atomic mass is 79.9. The maximum absolute atomic E-state index is 16.9. The zero-order valence-electron chi connectivity index (χ0n) is 59.6. The van der Waals surface area contributed by atoms with Crippen molar-refractivity contribution in [3.8, 4) is 0 Å². The third kappa shape index (κ3) is 13.2. The molecule has 506 valence electrons. The van der Waals surface area contributed by atoms with Gasteiger partial charge in [-0.05, 0) is 202 Å². The van der Waals surface area contributed by atoms with E-state index in [4.69, 9.17) is 0 Å². The van der Waals surface area contributed by atoms with Crippen LogP contribution >= 0.6 is 15.9 Å². The van der Waals surface area contributed by atoms with Gasteiger partial charge in [0.05, 0.1) is 5.54 Å². The predicted octanol–water partition coefficient (Wildman–Crippen LogP) is 24.1. The smallest absolute Gasteiger partial charge is 0.224 e. The number of halogens is 2. The fourth-order valence-corrected chi connectivity index (χ4v) is 25.0. The Balaban J connectivity index is 0.000000128. The fraction of sp³-hybridized carbons (Fsp3) is 0.358. The van der Waals surface area contributed by atoms with Crippen molar-refractivity contribution in [2.45, 2.75) is 209 Å². The van der Waals surface area contributed by atoms with E-state index in [2.05, 4.69) is 360 Å². The van der Waals surface area contributed by atoms with Crippen molar-refractivity contribution < 1.29 is 9.18 Å². The van der Waals surface area contributed by atoms with Crippen LogP contribution in [0.1, 0.15) is 195 Å². The van der Waals surface area contributed by atoms with Crippen LogP contribution in [0.15, 0.2) is 303 Å². The predicted molar refractivity (Wildman–Crippen MR) is 414 cm³/mol. The summed E-state index contributed by atoms with van der Waals surface area (Å²) in [5.41, 5.74) is 11.7. The summed E-state index contributed by atoms with van der Waals surface area (Å²) in [6.07, 6.45) is 14.7. The number of amides is 1. The van der Waals surface area contributed by atoms with Gasteiger partial charge in [0.15, 0.2) is 0 Å². The summed E-state index contributed by atoms with van der Waals surface area (Å²) in [6, 6.07) is 109. The van der Waals surface area contributed by atoms with Crippen LogP contribution in [0.4, 0.5) is 10.1 Å². The van der Waals surface area contributed by atoms with Crippen LogP contribution < -0.4 is 4.90 Å². The molecule has 0 aliphatic heterocycles. The van der Waals surface area contributed by atoms with Crippen molar-refractivity contribution in [3.63, 3.8) is 0 Å². The molecule has 2 nitrogen and oxygen atoms in total. The summed E-state index contributed by atoms with van der Waals surface area (Å²) >= 11 is 4.36. The number of nitrogens with zero attached hydrogens (tertiary/aromatic N) is 1. The highest BCUT2D eigenvalue weighted by Gasteiger charge is 2.65. The first-order valence-electron chi connectivity index (χ1n) is 36.7. The molecule has 4 heteroatoms. The average Bonchev–Trinajstić information content (AvgIpc) is 0.704. The number of para-hydroxylation sites is 1. The Labute approximate surface area is 600 Å². The molecule has 0 heterocycles. The van der Waals surface area contributed by atoms with Crippen molar-refractivity contribution in [3.05, 3.63) is 353 Å². The molecule has 0 spiro atoms. The first-order valence-corrected chi connectivity index (χ1v) is 37.5. The Morgan fingerprint density at radius 2 is 0.485 bits per heavy atom. The largest absolute Gasteiger partial charge is 0.306 e. The number of carbonyl (C=O) groups is 1. The van der Waals surface area contributed by atoms with Crippen LogP contribution in [0.5, 0.6) is 0 Å². The molecule has 1 amide bonds. The standard InChI is InChI=1S/C37H39NO.C29H31Br.C29H31F/c1-29(39)38(33-22-14-7-15-23-33)37-26-34(2,30-16-8-4-9-17-30)24-36(28-37,32-20-12-6-13-21-32)25-35(3,27-37)31-18-10-5-11-19-31;2*1-26(23-12-6-3-7-13-23)18-28(25-16-10-5-11-17-25)19-27(2,21-29(30,20-26)22-28)24-14-8-4-9-15-24/h4-23H,24-28H2,1-3H3;2*3-17H,18-22H2,1-2H3. The third-order valence-corrected chi connectivity index (χ3v) is 26.2. The van der Waals surface area contributed by atoms with E-state index in [1.807, 2.05) is 6.07 Å². The van der Waals surface area contributed by atoms with Crippen LogP contribution in [0.2, 0.25) is 0 Å². The molecule has 6 aliphatic carbocycles. The van der Waals surface area contributed by atoms with Crippen LogP contribution in [-0.4, -0.2) is 21.4 Å². The molecule has 0 radical (unpaired) electrons. The fourth-order valence-electron chi connectivity index (χ4n) is 23.2. The number of carbonyl (C=O) groups excluding carboxylic acids is 1. The van der Waals surface area contributed by atoms with E-state index in [0.717, 1.165) is 50.6 Å². The van der Waals surface area contributed by atoms with Gasteiger partial charge in [-0.25, -0.2) is 4.39 Å². The van der Waals surface area contributed by atoms with Crippen molar-refractivity contribution in [1.29, 1.82) is 0 Å². The Morgan fingerprint density at radius 1 is 0.273 bits per heavy atom. The molecule has 6 aliphatic rings. The van der Waals surface area contributed by atoms with Crippen molar-refractivity contribution >= 4 is 27.5 Å². The van der Waals surface area contributed by atoms with Gasteiger partial charge >= 0.3 is 0 Å². The first kappa shape index (κ1) is 68.2. The lowest BCUT2D eigenvalue weighted by Crippen LogP contribution is -2.67. The molecule has 0 N–H and O–H groups in total. The molecular weight excluding hydrogens is 1270 g/mol. The quantitative estimate of drug-likeness (QED) is 0.118. The van der Waals surface area contributed by atoms with Crippen LogP contribution in [-0.2, 0) is 53.5 Å². The number of benzene rings is 10. The minimum atomic E-state index is -1.18. The molecule has 16 rings (SSSR count). The Bertz CT molecular complexity index is 3990. The van der Waals surface area contributed by atoms with E-state index >= 15 is 4.39 Å². The van der Waals surface area contributed by atoms with Gasteiger partial charge < -0.3 is 4.90 Å². The van der Waals surface area contributed by atoms with E-state index < -0.39 is 5.67 Å². The van der Waals surface area contributed by atoms with Crippen LogP contribution in [0.3, 0.4) is 0 Å². The molecule has 6 bridgehead atoms. The van der Waals surface area contributed by atoms with Gasteiger partial charge in [0, 0.05) is 22.4 Å². The van der Waals surface area contributed by atoms with Gasteiger partial charge in [-0.15, -0.1) is 0 Å². The summed E-state index contributed by atoms with van der Waals surface area (Å²) in [5.74, 6) is 0.123. The number of fused-ring (bicyclic) bond motifs is 6. The van der Waals surface area contributed by atoms with E-state index in [0.29, 0.717) is 19.3 Å². The molecule has 6 fully saturated rings. The lowest BCUT2D eigenvalue weighted by molar-refractivity contribution is -0.119. The molecule has 99 heavy (non-hydrogen) atoms. The topological polar surface area (TPSA) is 20.3 Å². The van der Waals surface area contributed by atoms with E-state index in [9.17, 15) is 4.79 Å². The molecule has 10 aromatic rings. The summed E-state index contributed by atoms with van der Waals surface area (Å²) in [7, 11) is 0. The second-order valence-electron chi connectivity index (χ2n) is 33.9. The van der Waals surface area contributed by atoms with Crippen molar-refractivity contribution in [2.24, 2.45) is 0 Å². The second-order valence-corrected chi connectivity index (χ2v) is 35.5. The van der Waals surface area contributed by atoms with E-state index in [1.165, 1.54) is 82.2 Å².